The Hall–Kier alpha value is -2.93. The molecule has 0 aromatic heterocycles. The van der Waals surface area contributed by atoms with E-state index in [0.29, 0.717) is 13.2 Å². The Morgan fingerprint density at radius 1 is 1.17 bits per heavy atom. The Labute approximate surface area is 139 Å². The number of rotatable bonds is 8. The Morgan fingerprint density at radius 2 is 1.92 bits per heavy atom. The molecule has 2 aromatic carbocycles. The van der Waals surface area contributed by atoms with Crippen molar-refractivity contribution < 1.29 is 19.2 Å². The van der Waals surface area contributed by atoms with Crippen molar-refractivity contribution in [2.75, 3.05) is 13.7 Å². The van der Waals surface area contributed by atoms with Crippen LogP contribution in [0.5, 0.6) is 5.75 Å². The van der Waals surface area contributed by atoms with Crippen LogP contribution in [0.4, 0.5) is 5.69 Å². The van der Waals surface area contributed by atoms with E-state index in [9.17, 15) is 14.9 Å². The maximum Gasteiger partial charge on any atom is 0.273 e. The van der Waals surface area contributed by atoms with Crippen molar-refractivity contribution in [3.63, 3.8) is 0 Å². The largest absolute Gasteiger partial charge is 0.484 e. The molecule has 1 amide bonds. The van der Waals surface area contributed by atoms with Crippen molar-refractivity contribution in [1.29, 1.82) is 0 Å². The van der Waals surface area contributed by atoms with Gasteiger partial charge in [0.2, 0.25) is 0 Å². The van der Waals surface area contributed by atoms with E-state index in [1.807, 2.05) is 24.3 Å². The van der Waals surface area contributed by atoms with E-state index in [1.54, 1.807) is 13.2 Å². The topological polar surface area (TPSA) is 90.7 Å². The van der Waals surface area contributed by atoms with E-state index in [-0.39, 0.29) is 24.0 Å². The first-order valence-corrected chi connectivity index (χ1v) is 7.29. The molecule has 0 aliphatic carbocycles. The molecule has 0 atom stereocenters. The van der Waals surface area contributed by atoms with Gasteiger partial charge in [0, 0.05) is 19.7 Å². The van der Waals surface area contributed by atoms with Crippen LogP contribution in [0.2, 0.25) is 0 Å². The van der Waals surface area contributed by atoms with Crippen LogP contribution in [0.25, 0.3) is 0 Å². The van der Waals surface area contributed by atoms with Crippen LogP contribution in [-0.2, 0) is 22.7 Å². The number of benzene rings is 2. The molecule has 2 aromatic rings. The lowest BCUT2D eigenvalue weighted by atomic mass is 10.1. The van der Waals surface area contributed by atoms with Crippen molar-refractivity contribution in [2.24, 2.45) is 0 Å². The molecule has 24 heavy (non-hydrogen) atoms. The van der Waals surface area contributed by atoms with E-state index in [0.717, 1.165) is 11.1 Å². The Bertz CT molecular complexity index is 718. The summed E-state index contributed by atoms with van der Waals surface area (Å²) < 4.78 is 10.3. The van der Waals surface area contributed by atoms with Gasteiger partial charge in [-0.05, 0) is 17.2 Å². The van der Waals surface area contributed by atoms with E-state index in [4.69, 9.17) is 9.47 Å². The van der Waals surface area contributed by atoms with Crippen LogP contribution in [0.1, 0.15) is 11.1 Å². The lowest BCUT2D eigenvalue weighted by molar-refractivity contribution is -0.384. The quantitative estimate of drug-likeness (QED) is 0.593. The third kappa shape index (κ3) is 5.36. The molecule has 0 fully saturated rings. The fourth-order valence-electron chi connectivity index (χ4n) is 2.08. The predicted molar refractivity (Wildman–Crippen MR) is 87.6 cm³/mol. The Morgan fingerprint density at radius 3 is 2.67 bits per heavy atom. The van der Waals surface area contributed by atoms with Crippen molar-refractivity contribution >= 4 is 11.6 Å². The molecule has 0 saturated heterocycles. The fourth-order valence-corrected chi connectivity index (χ4v) is 2.08. The number of methoxy groups -OCH3 is 1. The van der Waals surface area contributed by atoms with Crippen LogP contribution >= 0.6 is 0 Å². The molecule has 0 radical (unpaired) electrons. The normalized spacial score (nSPS) is 10.2. The standard InChI is InChI=1S/C17H18N2O5/c1-23-11-14-5-2-4-13(8-14)10-18-17(20)12-24-16-7-3-6-15(9-16)19(21)22/h2-9H,10-12H2,1H3,(H,18,20). The SMILES string of the molecule is COCc1cccc(CNC(=O)COc2cccc([N+](=O)[O-])c2)c1. The molecule has 0 heterocycles. The zero-order chi connectivity index (χ0) is 17.4. The monoisotopic (exact) mass is 330 g/mol. The molecular weight excluding hydrogens is 312 g/mol. The number of nitrogens with one attached hydrogen (secondary N) is 1. The van der Waals surface area contributed by atoms with Crippen LogP contribution in [0.3, 0.4) is 0 Å². The van der Waals surface area contributed by atoms with Gasteiger partial charge in [0.25, 0.3) is 11.6 Å². The average molecular weight is 330 g/mol. The number of non-ortho nitro benzene ring substituents is 1. The van der Waals surface area contributed by atoms with Gasteiger partial charge in [-0.25, -0.2) is 0 Å². The molecule has 2 rings (SSSR count). The van der Waals surface area contributed by atoms with E-state index in [1.165, 1.54) is 18.2 Å². The highest BCUT2D eigenvalue weighted by Gasteiger charge is 2.08. The summed E-state index contributed by atoms with van der Waals surface area (Å²) in [5.41, 5.74) is 1.90. The van der Waals surface area contributed by atoms with Gasteiger partial charge in [-0.2, -0.15) is 0 Å². The highest BCUT2D eigenvalue weighted by atomic mass is 16.6. The first-order chi connectivity index (χ1) is 11.6. The van der Waals surface area contributed by atoms with Gasteiger partial charge in [-0.15, -0.1) is 0 Å². The number of carbonyl (C=O) groups is 1. The molecule has 7 heteroatoms. The summed E-state index contributed by atoms with van der Waals surface area (Å²) in [6, 6.07) is 13.4. The number of nitro groups is 1. The van der Waals surface area contributed by atoms with Gasteiger partial charge in [0.1, 0.15) is 5.75 Å². The molecule has 0 aliphatic heterocycles. The summed E-state index contributed by atoms with van der Waals surface area (Å²) >= 11 is 0. The molecule has 0 saturated carbocycles. The van der Waals surface area contributed by atoms with Crippen LogP contribution in [0.15, 0.2) is 48.5 Å². The van der Waals surface area contributed by atoms with Gasteiger partial charge in [-0.3, -0.25) is 14.9 Å². The predicted octanol–water partition coefficient (Wildman–Crippen LogP) is 2.44. The van der Waals surface area contributed by atoms with Crippen molar-refractivity contribution in [1.82, 2.24) is 5.32 Å². The highest BCUT2D eigenvalue weighted by Crippen LogP contribution is 2.18. The maximum atomic E-state index is 11.8. The molecule has 1 N–H and O–H groups in total. The third-order valence-electron chi connectivity index (χ3n) is 3.19. The average Bonchev–Trinajstić information content (AvgIpc) is 2.59. The minimum Gasteiger partial charge on any atom is -0.484 e. The van der Waals surface area contributed by atoms with Crippen LogP contribution < -0.4 is 10.1 Å². The number of ether oxygens (including phenoxy) is 2. The number of hydrogen-bond acceptors (Lipinski definition) is 5. The second-order valence-corrected chi connectivity index (χ2v) is 5.07. The number of nitrogens with zero attached hydrogens (tertiary/aromatic N) is 1. The van der Waals surface area contributed by atoms with Crippen molar-refractivity contribution in [3.8, 4) is 5.75 Å². The molecule has 0 bridgehead atoms. The first-order valence-electron chi connectivity index (χ1n) is 7.29. The Balaban J connectivity index is 1.82. The summed E-state index contributed by atoms with van der Waals surface area (Å²) in [5, 5.41) is 13.4. The van der Waals surface area contributed by atoms with Crippen LogP contribution in [0, 0.1) is 10.1 Å². The van der Waals surface area contributed by atoms with Gasteiger partial charge < -0.3 is 14.8 Å². The summed E-state index contributed by atoms with van der Waals surface area (Å²) in [4.78, 5) is 22.0. The maximum absolute atomic E-state index is 11.8. The lowest BCUT2D eigenvalue weighted by Gasteiger charge is -2.08. The Kier molecular flexibility index (Phi) is 6.27. The number of hydrogen-bond donors (Lipinski definition) is 1. The molecule has 0 spiro atoms. The number of carbonyl (C=O) groups excluding carboxylic acids is 1. The van der Waals surface area contributed by atoms with Gasteiger partial charge in [0.15, 0.2) is 6.61 Å². The summed E-state index contributed by atoms with van der Waals surface area (Å²) in [6.07, 6.45) is 0. The van der Waals surface area contributed by atoms with Crippen LogP contribution in [-0.4, -0.2) is 24.5 Å². The van der Waals surface area contributed by atoms with E-state index in [2.05, 4.69) is 5.32 Å². The first kappa shape index (κ1) is 17.4. The lowest BCUT2D eigenvalue weighted by Crippen LogP contribution is -2.28. The number of nitro benzene ring substituents is 1. The molecule has 0 aliphatic rings. The minimum atomic E-state index is -0.514. The van der Waals surface area contributed by atoms with E-state index < -0.39 is 4.92 Å². The summed E-state index contributed by atoms with van der Waals surface area (Å²) in [5.74, 6) is -0.0277. The molecule has 0 unspecified atom stereocenters. The van der Waals surface area contributed by atoms with Gasteiger partial charge >= 0.3 is 0 Å². The third-order valence-corrected chi connectivity index (χ3v) is 3.19. The molecule has 7 nitrogen and oxygen atoms in total. The smallest absolute Gasteiger partial charge is 0.273 e. The fraction of sp³-hybridized carbons (Fsp3) is 0.235. The zero-order valence-corrected chi connectivity index (χ0v) is 13.2. The van der Waals surface area contributed by atoms with Crippen molar-refractivity contribution in [2.45, 2.75) is 13.2 Å². The summed E-state index contributed by atoms with van der Waals surface area (Å²) in [6.45, 7) is 0.672. The van der Waals surface area contributed by atoms with Gasteiger partial charge in [-0.1, -0.05) is 30.3 Å². The highest BCUT2D eigenvalue weighted by molar-refractivity contribution is 5.77. The molecular formula is C17H18N2O5. The number of amides is 1. The summed E-state index contributed by atoms with van der Waals surface area (Å²) in [7, 11) is 1.62. The van der Waals surface area contributed by atoms with E-state index >= 15 is 0 Å². The second kappa shape index (κ2) is 8.64. The van der Waals surface area contributed by atoms with Crippen molar-refractivity contribution in [3.05, 3.63) is 69.8 Å². The molecule has 126 valence electrons. The second-order valence-electron chi connectivity index (χ2n) is 5.07. The minimum absolute atomic E-state index is 0.0807. The van der Waals surface area contributed by atoms with Gasteiger partial charge in [0.05, 0.1) is 17.6 Å². The zero-order valence-electron chi connectivity index (χ0n) is 13.2.